The maximum Gasteiger partial charge on any atom is 0.338 e. The number of piperidine rings is 1. The lowest BCUT2D eigenvalue weighted by Gasteiger charge is -2.26. The van der Waals surface area contributed by atoms with Crippen LogP contribution in [0.25, 0.3) is 0 Å². The van der Waals surface area contributed by atoms with Crippen LogP contribution in [0.1, 0.15) is 35.4 Å². The molecular weight excluding hydrogens is 384 g/mol. The summed E-state index contributed by atoms with van der Waals surface area (Å²) >= 11 is 0. The van der Waals surface area contributed by atoms with Crippen LogP contribution < -0.4 is 4.90 Å². The van der Waals surface area contributed by atoms with Crippen molar-refractivity contribution in [2.45, 2.75) is 31.0 Å². The van der Waals surface area contributed by atoms with Crippen molar-refractivity contribution in [2.75, 3.05) is 25.5 Å². The zero-order valence-corrected chi connectivity index (χ0v) is 16.6. The van der Waals surface area contributed by atoms with Gasteiger partial charge in [-0.15, -0.1) is 0 Å². The van der Waals surface area contributed by atoms with Crippen molar-refractivity contribution in [2.24, 2.45) is 0 Å². The second-order valence-corrected chi connectivity index (χ2v) is 8.72. The average Bonchev–Trinajstić information content (AvgIpc) is 3.16. The monoisotopic (exact) mass is 406 g/mol. The van der Waals surface area contributed by atoms with Crippen molar-refractivity contribution in [3.8, 4) is 0 Å². The molecule has 0 aliphatic carbocycles. The molecule has 2 aromatic rings. The maximum absolute atomic E-state index is 12.2. The first-order valence-corrected chi connectivity index (χ1v) is 10.3. The molecule has 0 unspecified atom stereocenters. The summed E-state index contributed by atoms with van der Waals surface area (Å²) in [5.74, 6) is -0.253. The third-order valence-electron chi connectivity index (χ3n) is 4.46. The fraction of sp³-hybridized carbons (Fsp3) is 0.368. The lowest BCUT2D eigenvalue weighted by atomic mass is 10.1. The molecule has 0 bridgehead atoms. The molecule has 1 aliphatic heterocycles. The minimum atomic E-state index is -3.67. The minimum absolute atomic E-state index is 0.0860. The zero-order chi connectivity index (χ0) is 20.3. The molecule has 8 nitrogen and oxygen atoms in total. The first-order valence-electron chi connectivity index (χ1n) is 8.88. The highest BCUT2D eigenvalue weighted by Crippen LogP contribution is 2.22. The number of nitrogens with zero attached hydrogens (tertiary/aromatic N) is 2. The molecule has 0 spiro atoms. The summed E-state index contributed by atoms with van der Waals surface area (Å²) in [5, 5.41) is -0.209. The van der Waals surface area contributed by atoms with Crippen molar-refractivity contribution in [1.82, 2.24) is 4.31 Å². The SMILES string of the molecule is CN(C)S(=O)(=O)c1ccc(COC(=O)c2ccc(N3CCCCC3=O)cc2)o1. The Kier molecular flexibility index (Phi) is 5.85. The molecule has 0 radical (unpaired) electrons. The molecule has 0 N–H and O–H groups in total. The Morgan fingerprint density at radius 3 is 2.50 bits per heavy atom. The molecule has 1 aromatic heterocycles. The van der Waals surface area contributed by atoms with E-state index in [1.807, 2.05) is 0 Å². The van der Waals surface area contributed by atoms with Gasteiger partial charge in [0.15, 0.2) is 0 Å². The van der Waals surface area contributed by atoms with Crippen LogP contribution in [0.15, 0.2) is 45.9 Å². The molecule has 1 fully saturated rings. The minimum Gasteiger partial charge on any atom is -0.454 e. The number of hydrogen-bond donors (Lipinski definition) is 0. The normalized spacial score (nSPS) is 15.1. The number of furan rings is 1. The molecule has 150 valence electrons. The van der Waals surface area contributed by atoms with Crippen LogP contribution in [-0.4, -0.2) is 45.2 Å². The number of benzene rings is 1. The summed E-state index contributed by atoms with van der Waals surface area (Å²) < 4.78 is 35.5. The highest BCUT2D eigenvalue weighted by atomic mass is 32.2. The van der Waals surface area contributed by atoms with E-state index in [-0.39, 0.29) is 23.4 Å². The van der Waals surface area contributed by atoms with Gasteiger partial charge >= 0.3 is 5.97 Å². The van der Waals surface area contributed by atoms with E-state index >= 15 is 0 Å². The summed E-state index contributed by atoms with van der Waals surface area (Å²) in [7, 11) is -0.870. The Hall–Kier alpha value is -2.65. The van der Waals surface area contributed by atoms with E-state index in [9.17, 15) is 18.0 Å². The molecule has 2 heterocycles. The Labute approximate surface area is 163 Å². The van der Waals surface area contributed by atoms with Crippen LogP contribution >= 0.6 is 0 Å². The Morgan fingerprint density at radius 2 is 1.86 bits per heavy atom. The first-order chi connectivity index (χ1) is 13.3. The van der Waals surface area contributed by atoms with Gasteiger partial charge in [0.05, 0.1) is 5.56 Å². The van der Waals surface area contributed by atoms with E-state index in [1.54, 1.807) is 29.2 Å². The van der Waals surface area contributed by atoms with Gasteiger partial charge in [-0.3, -0.25) is 4.79 Å². The van der Waals surface area contributed by atoms with Gasteiger partial charge in [0, 0.05) is 32.7 Å². The lowest BCUT2D eigenvalue weighted by Crippen LogP contribution is -2.35. The Balaban J connectivity index is 1.61. The molecule has 1 amide bonds. The fourth-order valence-corrected chi connectivity index (χ4v) is 3.64. The number of anilines is 1. The first kappa shape index (κ1) is 20.1. The van der Waals surface area contributed by atoms with Crippen molar-refractivity contribution in [1.29, 1.82) is 0 Å². The van der Waals surface area contributed by atoms with E-state index < -0.39 is 16.0 Å². The third-order valence-corrected chi connectivity index (χ3v) is 6.14. The molecule has 28 heavy (non-hydrogen) atoms. The zero-order valence-electron chi connectivity index (χ0n) is 15.8. The standard InChI is InChI=1S/C19H22N2O6S/c1-20(2)28(24,25)18-11-10-16(27-18)13-26-19(23)14-6-8-15(9-7-14)21-12-4-3-5-17(21)22/h6-11H,3-5,12-13H2,1-2H3. The average molecular weight is 406 g/mol. The van der Waals surface area contributed by atoms with E-state index in [0.717, 1.165) is 22.8 Å². The number of sulfonamides is 1. The van der Waals surface area contributed by atoms with E-state index in [2.05, 4.69) is 0 Å². The molecule has 0 saturated carbocycles. The van der Waals surface area contributed by atoms with Gasteiger partial charge < -0.3 is 14.1 Å². The van der Waals surface area contributed by atoms with Crippen molar-refractivity contribution >= 4 is 27.6 Å². The molecule has 1 saturated heterocycles. The lowest BCUT2D eigenvalue weighted by molar-refractivity contribution is -0.119. The van der Waals surface area contributed by atoms with Gasteiger partial charge in [-0.2, -0.15) is 0 Å². The summed E-state index contributed by atoms with van der Waals surface area (Å²) in [6.07, 6.45) is 2.41. The van der Waals surface area contributed by atoms with Gasteiger partial charge in [0.2, 0.25) is 11.0 Å². The van der Waals surface area contributed by atoms with Gasteiger partial charge in [-0.05, 0) is 49.2 Å². The predicted octanol–water partition coefficient (Wildman–Crippen LogP) is 2.40. The van der Waals surface area contributed by atoms with E-state index in [0.29, 0.717) is 18.5 Å². The van der Waals surface area contributed by atoms with Gasteiger partial charge in [-0.1, -0.05) is 0 Å². The molecule has 1 aromatic carbocycles. The maximum atomic E-state index is 12.2. The predicted molar refractivity (Wildman–Crippen MR) is 101 cm³/mol. The fourth-order valence-electron chi connectivity index (χ4n) is 2.83. The van der Waals surface area contributed by atoms with Crippen LogP contribution in [0.2, 0.25) is 0 Å². The molecule has 1 aliphatic rings. The summed E-state index contributed by atoms with van der Waals surface area (Å²) in [4.78, 5) is 25.9. The number of hydrogen-bond acceptors (Lipinski definition) is 6. The topological polar surface area (TPSA) is 97.1 Å². The number of esters is 1. The van der Waals surface area contributed by atoms with Gasteiger partial charge in [-0.25, -0.2) is 17.5 Å². The summed E-state index contributed by atoms with van der Waals surface area (Å²) in [6, 6.07) is 9.41. The van der Waals surface area contributed by atoms with Crippen LogP contribution in [0.4, 0.5) is 5.69 Å². The van der Waals surface area contributed by atoms with Crippen LogP contribution in [0.3, 0.4) is 0 Å². The second kappa shape index (κ2) is 8.15. The highest BCUT2D eigenvalue weighted by molar-refractivity contribution is 7.88. The Bertz CT molecular complexity index is 963. The van der Waals surface area contributed by atoms with E-state index in [1.165, 1.54) is 26.2 Å². The van der Waals surface area contributed by atoms with Crippen LogP contribution in [0, 0.1) is 0 Å². The summed E-state index contributed by atoms with van der Waals surface area (Å²) in [6.45, 7) is 0.494. The van der Waals surface area contributed by atoms with Crippen molar-refractivity contribution < 1.29 is 27.2 Å². The second-order valence-electron chi connectivity index (χ2n) is 6.63. The molecule has 0 atom stereocenters. The number of carbonyl (C=O) groups excluding carboxylic acids is 2. The summed E-state index contributed by atoms with van der Waals surface area (Å²) in [5.41, 5.74) is 1.09. The molecule has 9 heteroatoms. The van der Waals surface area contributed by atoms with Crippen molar-refractivity contribution in [3.63, 3.8) is 0 Å². The smallest absolute Gasteiger partial charge is 0.338 e. The van der Waals surface area contributed by atoms with Crippen LogP contribution in [-0.2, 0) is 26.2 Å². The van der Waals surface area contributed by atoms with E-state index in [4.69, 9.17) is 9.15 Å². The number of ether oxygens (including phenoxy) is 1. The largest absolute Gasteiger partial charge is 0.454 e. The number of rotatable bonds is 6. The molecular formula is C19H22N2O6S. The van der Waals surface area contributed by atoms with Gasteiger partial charge in [0.1, 0.15) is 12.4 Å². The quantitative estimate of drug-likeness (QED) is 0.684. The van der Waals surface area contributed by atoms with Gasteiger partial charge in [0.25, 0.3) is 10.0 Å². The Morgan fingerprint density at radius 1 is 1.14 bits per heavy atom. The highest BCUT2D eigenvalue weighted by Gasteiger charge is 2.22. The number of carbonyl (C=O) groups is 2. The van der Waals surface area contributed by atoms with Crippen LogP contribution in [0.5, 0.6) is 0 Å². The third kappa shape index (κ3) is 4.26. The number of amides is 1. The van der Waals surface area contributed by atoms with Crippen molar-refractivity contribution in [3.05, 3.63) is 47.7 Å². The molecule has 3 rings (SSSR count).